The molecule has 0 fully saturated rings. The van der Waals surface area contributed by atoms with Gasteiger partial charge in [-0.1, -0.05) is 18.2 Å². The molecule has 0 saturated carbocycles. The first-order valence-corrected chi connectivity index (χ1v) is 7.22. The highest BCUT2D eigenvalue weighted by Crippen LogP contribution is 2.16. The van der Waals surface area contributed by atoms with E-state index in [1.165, 1.54) is 12.1 Å². The third-order valence-electron chi connectivity index (χ3n) is 2.90. The number of hydrogen-bond acceptors (Lipinski definition) is 3. The second-order valence-corrected chi connectivity index (χ2v) is 5.56. The summed E-state index contributed by atoms with van der Waals surface area (Å²) in [7, 11) is 1.72. The Balaban J connectivity index is 1.89. The molecule has 0 radical (unpaired) electrons. The minimum absolute atomic E-state index is 0.0188. The van der Waals surface area contributed by atoms with Crippen molar-refractivity contribution in [3.05, 3.63) is 52.2 Å². The molecule has 0 spiro atoms. The van der Waals surface area contributed by atoms with Crippen LogP contribution in [-0.2, 0) is 17.8 Å². The average molecular weight is 311 g/mol. The quantitative estimate of drug-likeness (QED) is 0.816. The molecule has 2 aromatic rings. The Morgan fingerprint density at radius 3 is 2.57 bits per heavy atom. The van der Waals surface area contributed by atoms with E-state index in [4.69, 9.17) is 0 Å². The zero-order valence-electron chi connectivity index (χ0n) is 11.5. The molecular formula is C15H15F2NO2S. The zero-order chi connectivity index (χ0) is 15.2. The topological polar surface area (TPSA) is 29.5 Å². The van der Waals surface area contributed by atoms with Crippen LogP contribution >= 0.6 is 11.3 Å². The molecule has 0 N–H and O–H groups in total. The number of carbonyl (C=O) groups excluding carboxylic acids is 1. The predicted octanol–water partition coefficient (Wildman–Crippen LogP) is 3.55. The summed E-state index contributed by atoms with van der Waals surface area (Å²) < 4.78 is 28.4. The van der Waals surface area contributed by atoms with Crippen LogP contribution in [0.1, 0.15) is 10.4 Å². The van der Waals surface area contributed by atoms with Gasteiger partial charge in [-0.15, -0.1) is 11.3 Å². The lowest BCUT2D eigenvalue weighted by atomic mass is 10.2. The van der Waals surface area contributed by atoms with Gasteiger partial charge in [0.05, 0.1) is 6.42 Å². The number of alkyl halides is 2. The van der Waals surface area contributed by atoms with Gasteiger partial charge >= 0.3 is 6.61 Å². The van der Waals surface area contributed by atoms with Gasteiger partial charge in [-0.3, -0.25) is 4.79 Å². The molecule has 2 rings (SSSR count). The molecule has 6 heteroatoms. The lowest BCUT2D eigenvalue weighted by Gasteiger charge is -2.17. The van der Waals surface area contributed by atoms with Crippen molar-refractivity contribution in [1.29, 1.82) is 0 Å². The molecule has 0 aliphatic carbocycles. The first-order chi connectivity index (χ1) is 10.0. The molecule has 0 aliphatic rings. The van der Waals surface area contributed by atoms with Crippen LogP contribution in [-0.4, -0.2) is 24.5 Å². The Bertz CT molecular complexity index is 570. The number of likely N-dealkylation sites (N-methyl/N-ethyl adjacent to an activating group) is 1. The fraction of sp³-hybridized carbons (Fsp3) is 0.267. The van der Waals surface area contributed by atoms with Crippen LogP contribution in [0.2, 0.25) is 0 Å². The monoisotopic (exact) mass is 311 g/mol. The van der Waals surface area contributed by atoms with E-state index in [1.807, 2.05) is 17.5 Å². The molecule has 0 saturated heterocycles. The summed E-state index contributed by atoms with van der Waals surface area (Å²) in [6.07, 6.45) is 0.376. The highest BCUT2D eigenvalue weighted by atomic mass is 32.1. The maximum absolute atomic E-state index is 12.0. The summed E-state index contributed by atoms with van der Waals surface area (Å²) in [5, 5.41) is 1.93. The third kappa shape index (κ3) is 4.82. The van der Waals surface area contributed by atoms with Crippen molar-refractivity contribution in [2.45, 2.75) is 19.6 Å². The van der Waals surface area contributed by atoms with Gasteiger partial charge in [0, 0.05) is 18.5 Å². The molecule has 3 nitrogen and oxygen atoms in total. The number of amides is 1. The SMILES string of the molecule is CN(Cc1ccc(OC(F)F)cc1)C(=O)Cc1cccs1. The van der Waals surface area contributed by atoms with E-state index in [0.717, 1.165) is 10.4 Å². The second-order valence-electron chi connectivity index (χ2n) is 4.53. The van der Waals surface area contributed by atoms with Gasteiger partial charge in [0.1, 0.15) is 5.75 Å². The Hall–Kier alpha value is -1.95. The van der Waals surface area contributed by atoms with Crippen LogP contribution < -0.4 is 4.74 Å². The zero-order valence-corrected chi connectivity index (χ0v) is 12.3. The number of carbonyl (C=O) groups is 1. The van der Waals surface area contributed by atoms with Gasteiger partial charge in [-0.2, -0.15) is 8.78 Å². The van der Waals surface area contributed by atoms with E-state index in [9.17, 15) is 13.6 Å². The molecule has 21 heavy (non-hydrogen) atoms. The van der Waals surface area contributed by atoms with Crippen LogP contribution in [0, 0.1) is 0 Å². The largest absolute Gasteiger partial charge is 0.435 e. The van der Waals surface area contributed by atoms with E-state index >= 15 is 0 Å². The van der Waals surface area contributed by atoms with Crippen molar-refractivity contribution in [2.24, 2.45) is 0 Å². The minimum atomic E-state index is -2.83. The fourth-order valence-corrected chi connectivity index (χ4v) is 2.53. The van der Waals surface area contributed by atoms with Crippen LogP contribution in [0.15, 0.2) is 41.8 Å². The lowest BCUT2D eigenvalue weighted by Crippen LogP contribution is -2.27. The first kappa shape index (κ1) is 15.4. The van der Waals surface area contributed by atoms with Crippen molar-refractivity contribution < 1.29 is 18.3 Å². The summed E-state index contributed by atoms with van der Waals surface area (Å²) in [5.74, 6) is 0.131. The van der Waals surface area contributed by atoms with Gasteiger partial charge in [-0.05, 0) is 29.1 Å². The summed E-state index contributed by atoms with van der Waals surface area (Å²) in [6, 6.07) is 10.1. The molecular weight excluding hydrogens is 296 g/mol. The number of nitrogens with zero attached hydrogens (tertiary/aromatic N) is 1. The lowest BCUT2D eigenvalue weighted by molar-refractivity contribution is -0.129. The van der Waals surface area contributed by atoms with Crippen molar-refractivity contribution in [2.75, 3.05) is 7.05 Å². The standard InChI is InChI=1S/C15H15F2NO2S/c1-18(14(19)9-13-3-2-8-21-13)10-11-4-6-12(7-5-11)20-15(16)17/h2-8,15H,9-10H2,1H3. The Morgan fingerprint density at radius 2 is 2.00 bits per heavy atom. The van der Waals surface area contributed by atoms with Crippen molar-refractivity contribution in [3.8, 4) is 5.75 Å². The molecule has 112 valence electrons. The smallest absolute Gasteiger partial charge is 0.387 e. The molecule has 0 unspecified atom stereocenters. The summed E-state index contributed by atoms with van der Waals surface area (Å²) >= 11 is 1.55. The number of ether oxygens (including phenoxy) is 1. The predicted molar refractivity (Wildman–Crippen MR) is 77.6 cm³/mol. The average Bonchev–Trinajstić information content (AvgIpc) is 2.93. The highest BCUT2D eigenvalue weighted by Gasteiger charge is 2.11. The molecule has 1 aromatic carbocycles. The second kappa shape index (κ2) is 7.17. The minimum Gasteiger partial charge on any atom is -0.435 e. The number of halogens is 2. The number of benzene rings is 1. The Kier molecular flexibility index (Phi) is 5.27. The van der Waals surface area contributed by atoms with Gasteiger partial charge < -0.3 is 9.64 Å². The van der Waals surface area contributed by atoms with Crippen LogP contribution in [0.25, 0.3) is 0 Å². The Morgan fingerprint density at radius 1 is 1.29 bits per heavy atom. The molecule has 0 atom stereocenters. The van der Waals surface area contributed by atoms with Crippen molar-refractivity contribution in [1.82, 2.24) is 4.90 Å². The maximum Gasteiger partial charge on any atom is 0.387 e. The number of hydrogen-bond donors (Lipinski definition) is 0. The summed E-state index contributed by atoms with van der Waals surface area (Å²) in [4.78, 5) is 14.7. The van der Waals surface area contributed by atoms with Gasteiger partial charge in [0.2, 0.25) is 5.91 Å². The van der Waals surface area contributed by atoms with E-state index in [-0.39, 0.29) is 11.7 Å². The van der Waals surface area contributed by atoms with E-state index in [0.29, 0.717) is 13.0 Å². The summed E-state index contributed by atoms with van der Waals surface area (Å²) in [5.41, 5.74) is 0.860. The molecule has 1 aromatic heterocycles. The number of thiophene rings is 1. The van der Waals surface area contributed by atoms with E-state index < -0.39 is 6.61 Å². The normalized spacial score (nSPS) is 10.7. The number of rotatable bonds is 6. The van der Waals surface area contributed by atoms with Crippen molar-refractivity contribution >= 4 is 17.2 Å². The van der Waals surface area contributed by atoms with Gasteiger partial charge in [-0.25, -0.2) is 0 Å². The van der Waals surface area contributed by atoms with Crippen LogP contribution in [0.5, 0.6) is 5.75 Å². The van der Waals surface area contributed by atoms with Crippen LogP contribution in [0.4, 0.5) is 8.78 Å². The van der Waals surface area contributed by atoms with Crippen LogP contribution in [0.3, 0.4) is 0 Å². The Labute approximate surface area is 125 Å². The van der Waals surface area contributed by atoms with E-state index in [2.05, 4.69) is 4.74 Å². The third-order valence-corrected chi connectivity index (χ3v) is 3.78. The van der Waals surface area contributed by atoms with Gasteiger partial charge in [0.15, 0.2) is 0 Å². The summed E-state index contributed by atoms with van der Waals surface area (Å²) in [6.45, 7) is -2.40. The molecule has 1 heterocycles. The van der Waals surface area contributed by atoms with Crippen molar-refractivity contribution in [3.63, 3.8) is 0 Å². The maximum atomic E-state index is 12.0. The molecule has 0 bridgehead atoms. The van der Waals surface area contributed by atoms with Gasteiger partial charge in [0.25, 0.3) is 0 Å². The molecule has 0 aliphatic heterocycles. The molecule has 1 amide bonds. The fourth-order valence-electron chi connectivity index (χ4n) is 1.84. The highest BCUT2D eigenvalue weighted by molar-refractivity contribution is 7.10. The van der Waals surface area contributed by atoms with E-state index in [1.54, 1.807) is 35.4 Å². The first-order valence-electron chi connectivity index (χ1n) is 6.34.